The number of aliphatic hydroxyl groups is 1. The molecule has 13 heteroatoms. The van der Waals surface area contributed by atoms with E-state index in [0.29, 0.717) is 19.5 Å². The summed E-state index contributed by atoms with van der Waals surface area (Å²) >= 11 is 0. The molecule has 2 N–H and O–H groups in total. The third-order valence-electron chi connectivity index (χ3n) is 6.38. The van der Waals surface area contributed by atoms with Crippen LogP contribution in [0.5, 0.6) is 0 Å². The van der Waals surface area contributed by atoms with Crippen molar-refractivity contribution in [3.05, 3.63) is 41.7 Å². The number of halogens is 3. The van der Waals surface area contributed by atoms with Crippen LogP contribution in [0.1, 0.15) is 37.9 Å². The van der Waals surface area contributed by atoms with Crippen LogP contribution in [0.3, 0.4) is 0 Å². The second kappa shape index (κ2) is 12.4. The Hall–Kier alpha value is -3.19. The maximum atomic E-state index is 13.0. The zero-order chi connectivity index (χ0) is 27.2. The van der Waals surface area contributed by atoms with E-state index in [0.717, 1.165) is 17.8 Å². The maximum Gasteiger partial charge on any atom is 0.416 e. The molecule has 2 heterocycles. The molecule has 0 bridgehead atoms. The number of carbonyl (C=O) groups is 2. The highest BCUT2D eigenvalue weighted by atomic mass is 19.4. The van der Waals surface area contributed by atoms with E-state index in [9.17, 15) is 27.9 Å². The molecule has 0 fully saturated rings. The average Bonchev–Trinajstić information content (AvgIpc) is 3.30. The van der Waals surface area contributed by atoms with E-state index in [2.05, 4.69) is 15.6 Å². The van der Waals surface area contributed by atoms with Crippen molar-refractivity contribution >= 4 is 17.6 Å². The molecular formula is C24H33F3N6O4. The number of aryl methyl sites for hydroxylation is 1. The van der Waals surface area contributed by atoms with Crippen LogP contribution < -0.4 is 5.32 Å². The summed E-state index contributed by atoms with van der Waals surface area (Å²) in [5, 5.41) is 20.2. The van der Waals surface area contributed by atoms with Gasteiger partial charge in [0.2, 0.25) is 5.91 Å². The highest BCUT2D eigenvalue weighted by Crippen LogP contribution is 2.30. The molecular weight excluding hydrogens is 493 g/mol. The lowest BCUT2D eigenvalue weighted by Crippen LogP contribution is -2.48. The minimum atomic E-state index is -4.53. The van der Waals surface area contributed by atoms with Crippen molar-refractivity contribution in [3.8, 4) is 0 Å². The molecule has 0 unspecified atom stereocenters. The number of carbonyl (C=O) groups excluding carboxylic acids is 2. The highest BCUT2D eigenvalue weighted by molar-refractivity contribution is 5.89. The van der Waals surface area contributed by atoms with Gasteiger partial charge in [0.1, 0.15) is 0 Å². The van der Waals surface area contributed by atoms with E-state index in [1.807, 2.05) is 6.92 Å². The third-order valence-corrected chi connectivity index (χ3v) is 6.38. The van der Waals surface area contributed by atoms with Gasteiger partial charge in [-0.05, 0) is 31.5 Å². The van der Waals surface area contributed by atoms with Gasteiger partial charge in [0, 0.05) is 44.7 Å². The molecule has 1 aromatic carbocycles. The molecule has 1 aliphatic heterocycles. The summed E-state index contributed by atoms with van der Waals surface area (Å²) in [5.74, 6) is -0.351. The Morgan fingerprint density at radius 3 is 2.84 bits per heavy atom. The third kappa shape index (κ3) is 7.65. The van der Waals surface area contributed by atoms with Gasteiger partial charge in [0.15, 0.2) is 0 Å². The van der Waals surface area contributed by atoms with Crippen molar-refractivity contribution in [1.29, 1.82) is 0 Å². The van der Waals surface area contributed by atoms with Gasteiger partial charge in [-0.25, -0.2) is 9.48 Å². The van der Waals surface area contributed by atoms with Gasteiger partial charge in [0.05, 0.1) is 42.8 Å². The molecule has 0 saturated heterocycles. The maximum absolute atomic E-state index is 13.0. The summed E-state index contributed by atoms with van der Waals surface area (Å²) in [6.07, 6.45) is -2.65. The van der Waals surface area contributed by atoms with Crippen molar-refractivity contribution in [2.24, 2.45) is 5.92 Å². The quantitative estimate of drug-likeness (QED) is 0.620. The minimum Gasteiger partial charge on any atom is -0.394 e. The first kappa shape index (κ1) is 28.4. The largest absolute Gasteiger partial charge is 0.416 e. The van der Waals surface area contributed by atoms with Crippen molar-refractivity contribution in [2.75, 3.05) is 32.1 Å². The first-order valence-electron chi connectivity index (χ1n) is 12.1. The number of nitrogens with one attached hydrogen (secondary N) is 1. The second-order valence-corrected chi connectivity index (χ2v) is 9.35. The van der Waals surface area contributed by atoms with Crippen molar-refractivity contribution in [3.63, 3.8) is 0 Å². The van der Waals surface area contributed by atoms with Gasteiger partial charge in [-0.2, -0.15) is 13.2 Å². The van der Waals surface area contributed by atoms with Gasteiger partial charge in [-0.15, -0.1) is 5.10 Å². The Balaban J connectivity index is 1.77. The molecule has 0 saturated carbocycles. The van der Waals surface area contributed by atoms with Crippen LogP contribution in [0.4, 0.5) is 23.7 Å². The number of ether oxygens (including phenoxy) is 1. The molecule has 0 spiro atoms. The Morgan fingerprint density at radius 2 is 2.14 bits per heavy atom. The molecule has 3 atom stereocenters. The van der Waals surface area contributed by atoms with Crippen LogP contribution in [0.2, 0.25) is 0 Å². The number of rotatable bonds is 5. The van der Waals surface area contributed by atoms with E-state index >= 15 is 0 Å². The number of hydrogen-bond acceptors (Lipinski definition) is 6. The van der Waals surface area contributed by atoms with Gasteiger partial charge in [-0.3, -0.25) is 4.79 Å². The Morgan fingerprint density at radius 1 is 1.38 bits per heavy atom. The zero-order valence-corrected chi connectivity index (χ0v) is 21.1. The van der Waals surface area contributed by atoms with E-state index in [4.69, 9.17) is 4.74 Å². The molecule has 3 rings (SSSR count). The van der Waals surface area contributed by atoms with E-state index < -0.39 is 29.9 Å². The molecule has 0 aliphatic carbocycles. The van der Waals surface area contributed by atoms with Crippen LogP contribution in [0, 0.1) is 5.92 Å². The smallest absolute Gasteiger partial charge is 0.394 e. The molecule has 10 nitrogen and oxygen atoms in total. The lowest BCUT2D eigenvalue weighted by atomic mass is 10.0. The second-order valence-electron chi connectivity index (χ2n) is 9.35. The number of hydrogen-bond donors (Lipinski definition) is 2. The zero-order valence-electron chi connectivity index (χ0n) is 21.1. The predicted molar refractivity (Wildman–Crippen MR) is 128 cm³/mol. The SMILES string of the molecule is C[C@@H]1CN([C@H](C)CO)C(=O)CCCn2nncc2CO[C@@H]1CN(C)C(=O)Nc1cccc(C(F)(F)F)c1. The van der Waals surface area contributed by atoms with Crippen molar-refractivity contribution in [2.45, 2.75) is 58.2 Å². The fraction of sp³-hybridized carbons (Fsp3) is 0.583. The number of likely N-dealkylation sites (N-methyl/N-ethyl adjacent to an activating group) is 1. The lowest BCUT2D eigenvalue weighted by Gasteiger charge is -2.35. The van der Waals surface area contributed by atoms with Crippen LogP contribution in [-0.4, -0.2) is 80.7 Å². The number of amides is 3. The van der Waals surface area contributed by atoms with E-state index in [-0.39, 0.29) is 43.7 Å². The standard InChI is InChI=1S/C24H33F3N6O4/c1-16-12-32(17(2)14-34)22(35)8-5-9-33-20(11-28-30-33)15-37-21(16)13-31(3)23(36)29-19-7-4-6-18(10-19)24(25,26)27/h4,6-7,10-11,16-17,21,34H,5,8-9,12-15H2,1-3H3,(H,29,36)/t16-,17-,21-/m1/s1. The number of aliphatic hydroxyl groups excluding tert-OH is 1. The summed E-state index contributed by atoms with van der Waals surface area (Å²) in [5.41, 5.74) is -0.123. The van der Waals surface area contributed by atoms with Crippen LogP contribution in [0.25, 0.3) is 0 Å². The normalized spacial score (nSPS) is 20.4. The molecule has 204 valence electrons. The van der Waals surface area contributed by atoms with Gasteiger partial charge in [0.25, 0.3) is 0 Å². The fourth-order valence-electron chi connectivity index (χ4n) is 4.09. The summed E-state index contributed by atoms with van der Waals surface area (Å²) in [7, 11) is 1.51. The molecule has 1 aromatic heterocycles. The number of anilines is 1. The number of urea groups is 1. The first-order valence-corrected chi connectivity index (χ1v) is 12.1. The van der Waals surface area contributed by atoms with Crippen LogP contribution >= 0.6 is 0 Å². The number of aromatic nitrogens is 3. The van der Waals surface area contributed by atoms with Crippen LogP contribution in [0.15, 0.2) is 30.5 Å². The summed E-state index contributed by atoms with van der Waals surface area (Å²) in [4.78, 5) is 28.7. The number of nitrogens with zero attached hydrogens (tertiary/aromatic N) is 5. The van der Waals surface area contributed by atoms with E-state index in [1.165, 1.54) is 24.1 Å². The molecule has 1 aliphatic rings. The fourth-order valence-corrected chi connectivity index (χ4v) is 4.09. The van der Waals surface area contributed by atoms with Gasteiger partial charge in [-0.1, -0.05) is 18.2 Å². The highest BCUT2D eigenvalue weighted by Gasteiger charge is 2.31. The number of alkyl halides is 3. The average molecular weight is 527 g/mol. The molecule has 2 aromatic rings. The van der Waals surface area contributed by atoms with E-state index in [1.54, 1.807) is 22.7 Å². The number of fused-ring (bicyclic) bond motifs is 1. The molecule has 37 heavy (non-hydrogen) atoms. The lowest BCUT2D eigenvalue weighted by molar-refractivity contribution is -0.137. The Kier molecular flexibility index (Phi) is 9.49. The monoisotopic (exact) mass is 526 g/mol. The Bertz CT molecular complexity index is 1060. The predicted octanol–water partition coefficient (Wildman–Crippen LogP) is 2.99. The molecule has 0 radical (unpaired) electrons. The van der Waals surface area contributed by atoms with Crippen molar-refractivity contribution in [1.82, 2.24) is 24.8 Å². The van der Waals surface area contributed by atoms with Crippen molar-refractivity contribution < 1.29 is 32.6 Å². The number of benzene rings is 1. The molecule has 3 amide bonds. The summed E-state index contributed by atoms with van der Waals surface area (Å²) < 4.78 is 46.9. The Labute approximate surface area is 213 Å². The van der Waals surface area contributed by atoms with Gasteiger partial charge >= 0.3 is 12.2 Å². The first-order chi connectivity index (χ1) is 17.5. The minimum absolute atomic E-state index is 0.0165. The van der Waals surface area contributed by atoms with Gasteiger partial charge < -0.3 is 25.0 Å². The van der Waals surface area contributed by atoms with Crippen LogP contribution in [-0.2, 0) is 28.9 Å². The topological polar surface area (TPSA) is 113 Å². The summed E-state index contributed by atoms with van der Waals surface area (Å²) in [6, 6.07) is 3.40. The summed E-state index contributed by atoms with van der Waals surface area (Å²) in [6.45, 7) is 4.50.